The van der Waals surface area contributed by atoms with Crippen molar-refractivity contribution in [2.24, 2.45) is 5.73 Å². The number of aromatic amines is 1. The molecule has 6 heteroatoms. The van der Waals surface area contributed by atoms with E-state index in [9.17, 15) is 0 Å². The minimum absolute atomic E-state index is 0.186. The van der Waals surface area contributed by atoms with Gasteiger partial charge >= 0.3 is 0 Å². The van der Waals surface area contributed by atoms with Crippen LogP contribution in [0.3, 0.4) is 0 Å². The smallest absolute Gasteiger partial charge is 0.168 e. The van der Waals surface area contributed by atoms with Crippen LogP contribution in [0.25, 0.3) is 10.9 Å². The first kappa shape index (κ1) is 9.23. The normalized spacial score (nSPS) is 10.4. The summed E-state index contributed by atoms with van der Waals surface area (Å²) < 4.78 is 0. The van der Waals surface area contributed by atoms with E-state index in [1.165, 1.54) is 0 Å². The minimum atomic E-state index is 0.186. The highest BCUT2D eigenvalue weighted by atomic mass is 35.5. The van der Waals surface area contributed by atoms with Gasteiger partial charge in [0.05, 0.1) is 22.4 Å². The molecule has 2 rings (SSSR count). The molecule has 0 saturated carbocycles. The Morgan fingerprint density at radius 3 is 3.07 bits per heavy atom. The van der Waals surface area contributed by atoms with Gasteiger partial charge < -0.3 is 11.1 Å². The van der Waals surface area contributed by atoms with Gasteiger partial charge in [-0.25, -0.2) is 0 Å². The number of halogens is 1. The Bertz CT molecular complexity index is 493. The summed E-state index contributed by atoms with van der Waals surface area (Å²) in [6, 6.07) is 3.60. The maximum absolute atomic E-state index is 5.98. The summed E-state index contributed by atoms with van der Waals surface area (Å²) in [6.45, 7) is 0. The highest BCUT2D eigenvalue weighted by Gasteiger charge is 2.04. The van der Waals surface area contributed by atoms with E-state index in [0.29, 0.717) is 10.7 Å². The number of rotatable bonds is 1. The molecule has 0 saturated heterocycles. The summed E-state index contributed by atoms with van der Waals surface area (Å²) in [5.41, 5.74) is 6.91. The Balaban J connectivity index is 2.53. The molecule has 0 unspecified atom stereocenters. The maximum Gasteiger partial charge on any atom is 0.168 e. The van der Waals surface area contributed by atoms with Gasteiger partial charge in [-0.05, 0) is 24.4 Å². The van der Waals surface area contributed by atoms with Crippen molar-refractivity contribution in [1.29, 1.82) is 0 Å². The monoisotopic (exact) mass is 226 g/mol. The highest BCUT2D eigenvalue weighted by molar-refractivity contribution is 7.80. The minimum Gasteiger partial charge on any atom is -0.376 e. The fourth-order valence-electron chi connectivity index (χ4n) is 1.19. The van der Waals surface area contributed by atoms with E-state index < -0.39 is 0 Å². The van der Waals surface area contributed by atoms with Gasteiger partial charge in [-0.3, -0.25) is 5.10 Å². The number of aromatic nitrogens is 2. The van der Waals surface area contributed by atoms with Crippen molar-refractivity contribution in [3.63, 3.8) is 0 Å². The number of H-pyrrole nitrogens is 1. The predicted molar refractivity (Wildman–Crippen MR) is 61.5 cm³/mol. The number of benzene rings is 1. The molecule has 14 heavy (non-hydrogen) atoms. The van der Waals surface area contributed by atoms with Crippen LogP contribution in [0.2, 0.25) is 5.02 Å². The van der Waals surface area contributed by atoms with Crippen LogP contribution >= 0.6 is 23.8 Å². The van der Waals surface area contributed by atoms with Gasteiger partial charge in [-0.2, -0.15) is 5.10 Å². The molecule has 0 radical (unpaired) electrons. The highest BCUT2D eigenvalue weighted by Crippen LogP contribution is 2.26. The molecule has 0 bridgehead atoms. The van der Waals surface area contributed by atoms with Crippen LogP contribution < -0.4 is 11.1 Å². The zero-order valence-corrected chi connectivity index (χ0v) is 8.62. The molecule has 0 spiro atoms. The van der Waals surface area contributed by atoms with Crippen molar-refractivity contribution in [1.82, 2.24) is 10.2 Å². The Morgan fingerprint density at radius 1 is 1.57 bits per heavy atom. The summed E-state index contributed by atoms with van der Waals surface area (Å²) in [4.78, 5) is 0. The summed E-state index contributed by atoms with van der Waals surface area (Å²) >= 11 is 10.7. The number of anilines is 1. The van der Waals surface area contributed by atoms with Crippen molar-refractivity contribution < 1.29 is 0 Å². The van der Waals surface area contributed by atoms with Crippen LogP contribution in [-0.4, -0.2) is 15.3 Å². The molecule has 0 aliphatic rings. The number of hydrogen-bond donors (Lipinski definition) is 3. The van der Waals surface area contributed by atoms with Gasteiger partial charge in [-0.15, -0.1) is 0 Å². The van der Waals surface area contributed by atoms with Crippen LogP contribution in [0.4, 0.5) is 5.69 Å². The molecule has 1 aromatic heterocycles. The van der Waals surface area contributed by atoms with Crippen LogP contribution in [0.15, 0.2) is 18.3 Å². The van der Waals surface area contributed by atoms with Crippen LogP contribution in [0.5, 0.6) is 0 Å². The van der Waals surface area contributed by atoms with Crippen molar-refractivity contribution in [2.75, 3.05) is 5.32 Å². The van der Waals surface area contributed by atoms with Crippen molar-refractivity contribution in [2.45, 2.75) is 0 Å². The number of nitrogens with two attached hydrogens (primary N) is 1. The van der Waals surface area contributed by atoms with Gasteiger partial charge in [0.15, 0.2) is 5.11 Å². The van der Waals surface area contributed by atoms with Gasteiger partial charge in [0.1, 0.15) is 0 Å². The molecular formula is C8H7ClN4S. The lowest BCUT2D eigenvalue weighted by atomic mass is 10.2. The van der Waals surface area contributed by atoms with E-state index in [1.807, 2.05) is 6.07 Å². The Kier molecular flexibility index (Phi) is 2.26. The average Bonchev–Trinajstić information content (AvgIpc) is 2.51. The topological polar surface area (TPSA) is 66.7 Å². The van der Waals surface area contributed by atoms with E-state index in [-0.39, 0.29) is 5.11 Å². The zero-order valence-electron chi connectivity index (χ0n) is 7.04. The molecule has 0 fully saturated rings. The third-order valence-electron chi connectivity index (χ3n) is 1.79. The first-order valence-corrected chi connectivity index (χ1v) is 4.64. The van der Waals surface area contributed by atoms with E-state index in [2.05, 4.69) is 15.5 Å². The second-order valence-corrected chi connectivity index (χ2v) is 3.63. The molecule has 4 N–H and O–H groups in total. The molecule has 72 valence electrons. The molecule has 0 atom stereocenters. The number of nitrogens with zero attached hydrogens (tertiary/aromatic N) is 1. The molecule has 0 amide bonds. The van der Waals surface area contributed by atoms with Crippen molar-refractivity contribution >= 4 is 45.5 Å². The van der Waals surface area contributed by atoms with Gasteiger partial charge in [0.25, 0.3) is 0 Å². The molecule has 0 aliphatic carbocycles. The number of hydrogen-bond acceptors (Lipinski definition) is 2. The van der Waals surface area contributed by atoms with Gasteiger partial charge in [-0.1, -0.05) is 11.6 Å². The molecule has 1 heterocycles. The van der Waals surface area contributed by atoms with Crippen LogP contribution in [0, 0.1) is 0 Å². The maximum atomic E-state index is 5.98. The van der Waals surface area contributed by atoms with E-state index in [4.69, 9.17) is 29.6 Å². The average molecular weight is 227 g/mol. The first-order chi connectivity index (χ1) is 6.66. The second kappa shape index (κ2) is 3.43. The predicted octanol–water partition coefficient (Wildman–Crippen LogP) is 1.87. The van der Waals surface area contributed by atoms with E-state index in [0.717, 1.165) is 10.9 Å². The van der Waals surface area contributed by atoms with Crippen LogP contribution in [0.1, 0.15) is 0 Å². The first-order valence-electron chi connectivity index (χ1n) is 3.86. The lowest BCUT2D eigenvalue weighted by Crippen LogP contribution is -2.19. The summed E-state index contributed by atoms with van der Waals surface area (Å²) in [5.74, 6) is 0. The van der Waals surface area contributed by atoms with Crippen molar-refractivity contribution in [3.05, 3.63) is 23.4 Å². The molecule has 2 aromatic rings. The van der Waals surface area contributed by atoms with E-state index >= 15 is 0 Å². The molecule has 4 nitrogen and oxygen atoms in total. The van der Waals surface area contributed by atoms with Crippen molar-refractivity contribution in [3.8, 4) is 0 Å². The summed E-state index contributed by atoms with van der Waals surface area (Å²) in [7, 11) is 0. The third kappa shape index (κ3) is 1.64. The van der Waals surface area contributed by atoms with Gasteiger partial charge in [0.2, 0.25) is 0 Å². The molecule has 1 aromatic carbocycles. The van der Waals surface area contributed by atoms with Gasteiger partial charge in [0, 0.05) is 5.39 Å². The zero-order chi connectivity index (χ0) is 10.1. The largest absolute Gasteiger partial charge is 0.376 e. The molecule has 0 aliphatic heterocycles. The SMILES string of the molecule is NC(=S)Nc1cc2[nH]ncc2cc1Cl. The fraction of sp³-hybridized carbons (Fsp3) is 0. The quantitative estimate of drug-likeness (QED) is 0.650. The van der Waals surface area contributed by atoms with E-state index in [1.54, 1.807) is 12.3 Å². The summed E-state index contributed by atoms with van der Waals surface area (Å²) in [6.07, 6.45) is 1.70. The lowest BCUT2D eigenvalue weighted by molar-refractivity contribution is 1.12. The van der Waals surface area contributed by atoms with Crippen LogP contribution in [-0.2, 0) is 0 Å². The Labute approximate surface area is 90.4 Å². The standard InChI is InChI=1S/C8H7ClN4S/c9-5-1-4-3-11-13-6(4)2-7(5)12-8(10)14/h1-3H,(H,11,13)(H3,10,12,14). The second-order valence-electron chi connectivity index (χ2n) is 2.78. The number of thiocarbonyl (C=S) groups is 1. The third-order valence-corrected chi connectivity index (χ3v) is 2.20. The Hall–Kier alpha value is -1.33. The lowest BCUT2D eigenvalue weighted by Gasteiger charge is -2.05. The fourth-order valence-corrected chi connectivity index (χ4v) is 1.52. The Morgan fingerprint density at radius 2 is 2.36 bits per heavy atom. The summed E-state index contributed by atoms with van der Waals surface area (Å²) in [5, 5.41) is 11.2. The number of fused-ring (bicyclic) bond motifs is 1. The number of nitrogens with one attached hydrogen (secondary N) is 2. The molecular weight excluding hydrogens is 220 g/mol.